The largest absolute Gasteiger partial charge is 0.504 e. The van der Waals surface area contributed by atoms with Gasteiger partial charge in [-0.2, -0.15) is 0 Å². The summed E-state index contributed by atoms with van der Waals surface area (Å²) in [5, 5.41) is 20.6. The minimum atomic E-state index is -0.769. The fourth-order valence-corrected chi connectivity index (χ4v) is 4.03. The molecule has 0 unspecified atom stereocenters. The number of carbonyl (C=O) groups excluding carboxylic acids is 1. The normalized spacial score (nSPS) is 31.1. The molecule has 2 aliphatic rings. The molecule has 2 heterocycles. The van der Waals surface area contributed by atoms with Crippen LogP contribution in [0.4, 0.5) is 0 Å². The number of likely N-dealkylation sites (tertiary alicyclic amines) is 1. The number of phenolic OH excluding ortho intramolecular Hbond substituents is 1. The van der Waals surface area contributed by atoms with Gasteiger partial charge in [0.15, 0.2) is 23.4 Å². The number of hydrogen-bond donors (Lipinski definition) is 2. The third-order valence-electron chi connectivity index (χ3n) is 5.89. The Bertz CT molecular complexity index is 718. The van der Waals surface area contributed by atoms with Crippen LogP contribution in [0.1, 0.15) is 39.2 Å². The smallest absolute Gasteiger partial charge is 0.254 e. The van der Waals surface area contributed by atoms with E-state index >= 15 is 0 Å². The molecule has 1 aromatic rings. The summed E-state index contributed by atoms with van der Waals surface area (Å²) in [6.07, 6.45) is -1.27. The van der Waals surface area contributed by atoms with Gasteiger partial charge in [-0.3, -0.25) is 4.79 Å². The van der Waals surface area contributed by atoms with Crippen LogP contribution in [-0.2, 0) is 14.3 Å². The monoisotopic (exact) mass is 379 g/mol. The van der Waals surface area contributed by atoms with Crippen LogP contribution in [0.5, 0.6) is 11.5 Å². The minimum Gasteiger partial charge on any atom is -0.504 e. The lowest BCUT2D eigenvalue weighted by molar-refractivity contribution is -0.159. The van der Waals surface area contributed by atoms with Crippen LogP contribution in [0.3, 0.4) is 0 Å². The van der Waals surface area contributed by atoms with Gasteiger partial charge in [0, 0.05) is 24.4 Å². The summed E-state index contributed by atoms with van der Waals surface area (Å²) in [6.45, 7) is 8.34. The number of hydrogen-bond acceptors (Lipinski definition) is 6. The van der Waals surface area contributed by atoms with Crippen molar-refractivity contribution in [3.8, 4) is 11.5 Å². The maximum Gasteiger partial charge on any atom is 0.254 e. The summed E-state index contributed by atoms with van der Waals surface area (Å²) < 4.78 is 16.3. The second kappa shape index (κ2) is 6.96. The Labute approximate surface area is 159 Å². The molecule has 0 bridgehead atoms. The standard InChI is InChI=1S/C20H29NO6/c1-12(22)20(4)11-21(18(24)17-10-26-19(2,3)27-17)9-14(20)13-6-7-16(25-5)15(23)8-13/h6-8,12,14,17,22-23H,9-11H2,1-5H3/t12-,14+,17+,20+/m1/s1. The summed E-state index contributed by atoms with van der Waals surface area (Å²) in [4.78, 5) is 14.7. The Hall–Kier alpha value is -1.83. The zero-order valence-electron chi connectivity index (χ0n) is 16.6. The van der Waals surface area contributed by atoms with E-state index in [1.807, 2.05) is 13.0 Å². The Morgan fingerprint density at radius 3 is 2.59 bits per heavy atom. The van der Waals surface area contributed by atoms with Crippen LogP contribution >= 0.6 is 0 Å². The number of phenols is 1. The second-order valence-corrected chi connectivity index (χ2v) is 8.20. The van der Waals surface area contributed by atoms with Gasteiger partial charge in [-0.05, 0) is 38.5 Å². The van der Waals surface area contributed by atoms with Crippen LogP contribution in [0.25, 0.3) is 0 Å². The van der Waals surface area contributed by atoms with Gasteiger partial charge in [0.25, 0.3) is 5.91 Å². The van der Waals surface area contributed by atoms with Crippen LogP contribution in [0.15, 0.2) is 18.2 Å². The zero-order chi connectivity index (χ0) is 20.0. The van der Waals surface area contributed by atoms with Crippen LogP contribution in [-0.4, -0.2) is 65.8 Å². The molecule has 0 spiro atoms. The van der Waals surface area contributed by atoms with Crippen molar-refractivity contribution >= 4 is 5.91 Å². The van der Waals surface area contributed by atoms with E-state index in [0.717, 1.165) is 5.56 Å². The number of benzene rings is 1. The lowest BCUT2D eigenvalue weighted by Gasteiger charge is -2.33. The lowest BCUT2D eigenvalue weighted by atomic mass is 9.72. The number of amides is 1. The van der Waals surface area contributed by atoms with Crippen molar-refractivity contribution < 1.29 is 29.2 Å². The summed E-state index contributed by atoms with van der Waals surface area (Å²) in [5.74, 6) is -0.597. The van der Waals surface area contributed by atoms with Crippen molar-refractivity contribution in [1.82, 2.24) is 4.90 Å². The zero-order valence-corrected chi connectivity index (χ0v) is 16.6. The fourth-order valence-electron chi connectivity index (χ4n) is 4.03. The first-order valence-electron chi connectivity index (χ1n) is 9.23. The highest BCUT2D eigenvalue weighted by molar-refractivity contribution is 5.82. The number of ether oxygens (including phenoxy) is 3. The number of nitrogens with zero attached hydrogens (tertiary/aromatic N) is 1. The van der Waals surface area contributed by atoms with E-state index in [1.54, 1.807) is 37.8 Å². The number of aliphatic hydroxyl groups is 1. The Balaban J connectivity index is 1.85. The molecule has 3 rings (SSSR count). The van der Waals surface area contributed by atoms with Gasteiger partial charge in [0.1, 0.15) is 0 Å². The van der Waals surface area contributed by atoms with Crippen molar-refractivity contribution in [2.45, 2.75) is 51.6 Å². The molecule has 27 heavy (non-hydrogen) atoms. The number of aromatic hydroxyl groups is 1. The number of aliphatic hydroxyl groups excluding tert-OH is 1. The van der Waals surface area contributed by atoms with Gasteiger partial charge in [0.2, 0.25) is 0 Å². The molecule has 0 radical (unpaired) electrons. The van der Waals surface area contributed by atoms with E-state index in [-0.39, 0.29) is 24.2 Å². The number of methoxy groups -OCH3 is 1. The molecule has 4 atom stereocenters. The Morgan fingerprint density at radius 1 is 1.37 bits per heavy atom. The highest BCUT2D eigenvalue weighted by Crippen LogP contribution is 2.47. The molecule has 7 heteroatoms. The third kappa shape index (κ3) is 3.63. The maximum atomic E-state index is 13.0. The first-order valence-corrected chi connectivity index (χ1v) is 9.23. The van der Waals surface area contributed by atoms with Crippen molar-refractivity contribution in [2.75, 3.05) is 26.8 Å². The van der Waals surface area contributed by atoms with E-state index in [2.05, 4.69) is 0 Å². The van der Waals surface area contributed by atoms with Crippen molar-refractivity contribution in [1.29, 1.82) is 0 Å². The molecule has 2 aliphatic heterocycles. The van der Waals surface area contributed by atoms with Gasteiger partial charge < -0.3 is 29.3 Å². The van der Waals surface area contributed by atoms with E-state index in [0.29, 0.717) is 18.8 Å². The summed E-state index contributed by atoms with van der Waals surface area (Å²) >= 11 is 0. The van der Waals surface area contributed by atoms with Gasteiger partial charge in [-0.25, -0.2) is 0 Å². The highest BCUT2D eigenvalue weighted by Gasteiger charge is 2.50. The molecular formula is C20H29NO6. The van der Waals surface area contributed by atoms with E-state index in [4.69, 9.17) is 14.2 Å². The van der Waals surface area contributed by atoms with Crippen LogP contribution < -0.4 is 4.74 Å². The number of rotatable bonds is 4. The molecule has 2 saturated heterocycles. The molecule has 2 fully saturated rings. The first-order chi connectivity index (χ1) is 12.6. The number of carbonyl (C=O) groups is 1. The van der Waals surface area contributed by atoms with Crippen LogP contribution in [0, 0.1) is 5.41 Å². The fraction of sp³-hybridized carbons (Fsp3) is 0.650. The summed E-state index contributed by atoms with van der Waals surface area (Å²) in [6, 6.07) is 5.22. The molecule has 0 aliphatic carbocycles. The van der Waals surface area contributed by atoms with Crippen molar-refractivity contribution in [3.05, 3.63) is 23.8 Å². The average molecular weight is 379 g/mol. The second-order valence-electron chi connectivity index (χ2n) is 8.20. The first kappa shape index (κ1) is 19.9. The molecule has 2 N–H and O–H groups in total. The molecule has 0 aromatic heterocycles. The van der Waals surface area contributed by atoms with Gasteiger partial charge >= 0.3 is 0 Å². The SMILES string of the molecule is COc1ccc([C@@H]2CN(C(=O)[C@@H]3COC(C)(C)O3)C[C@@]2(C)[C@@H](C)O)cc1O. The predicted octanol–water partition coefficient (Wildman–Crippen LogP) is 1.87. The quantitative estimate of drug-likeness (QED) is 0.830. The molecular weight excluding hydrogens is 350 g/mol. The van der Waals surface area contributed by atoms with E-state index < -0.39 is 23.4 Å². The summed E-state index contributed by atoms with van der Waals surface area (Å²) in [5.41, 5.74) is 0.307. The van der Waals surface area contributed by atoms with Gasteiger partial charge in [0.05, 0.1) is 19.8 Å². The molecule has 0 saturated carbocycles. The van der Waals surface area contributed by atoms with Gasteiger partial charge in [-0.15, -0.1) is 0 Å². The average Bonchev–Trinajstić information content (AvgIpc) is 3.15. The summed E-state index contributed by atoms with van der Waals surface area (Å²) in [7, 11) is 1.50. The van der Waals surface area contributed by atoms with Crippen molar-refractivity contribution in [3.63, 3.8) is 0 Å². The predicted molar refractivity (Wildman–Crippen MR) is 98.7 cm³/mol. The minimum absolute atomic E-state index is 0.0435. The Kier molecular flexibility index (Phi) is 5.14. The van der Waals surface area contributed by atoms with Crippen LogP contribution in [0.2, 0.25) is 0 Å². The topological polar surface area (TPSA) is 88.5 Å². The Morgan fingerprint density at radius 2 is 2.07 bits per heavy atom. The lowest BCUT2D eigenvalue weighted by Crippen LogP contribution is -2.42. The molecule has 1 amide bonds. The molecule has 1 aromatic carbocycles. The highest BCUT2D eigenvalue weighted by atomic mass is 16.7. The van der Waals surface area contributed by atoms with E-state index in [1.165, 1.54) is 7.11 Å². The molecule has 7 nitrogen and oxygen atoms in total. The van der Waals surface area contributed by atoms with E-state index in [9.17, 15) is 15.0 Å². The van der Waals surface area contributed by atoms with Gasteiger partial charge in [-0.1, -0.05) is 13.0 Å². The maximum absolute atomic E-state index is 13.0. The third-order valence-corrected chi connectivity index (χ3v) is 5.89. The van der Waals surface area contributed by atoms with Crippen molar-refractivity contribution in [2.24, 2.45) is 5.41 Å². The molecule has 150 valence electrons.